The Hall–Kier alpha value is -1.58. The molecule has 1 aromatic heterocycles. The molecule has 0 N–H and O–H groups in total. The third-order valence-corrected chi connectivity index (χ3v) is 1.63. The van der Waals surface area contributed by atoms with E-state index in [-0.39, 0.29) is 5.76 Å². The second kappa shape index (κ2) is 3.89. The van der Waals surface area contributed by atoms with Gasteiger partial charge in [0.05, 0.1) is 7.11 Å². The van der Waals surface area contributed by atoms with Crippen LogP contribution < -0.4 is 5.63 Å². The van der Waals surface area contributed by atoms with E-state index in [0.717, 1.165) is 5.56 Å². The summed E-state index contributed by atoms with van der Waals surface area (Å²) in [6, 6.07) is 2.86. The lowest BCUT2D eigenvalue weighted by molar-refractivity contribution is 0.0559. The maximum absolute atomic E-state index is 11.0. The van der Waals surface area contributed by atoms with E-state index in [1.54, 1.807) is 0 Å². The van der Waals surface area contributed by atoms with Crippen LogP contribution in [0.25, 0.3) is 0 Å². The SMILES string of the molecule is CCc1cc(C(=O)OC)oc(=O)c1. The summed E-state index contributed by atoms with van der Waals surface area (Å²) in [7, 11) is 1.24. The van der Waals surface area contributed by atoms with Gasteiger partial charge in [-0.05, 0) is 18.1 Å². The number of ether oxygens (including phenoxy) is 1. The molecule has 0 aliphatic rings. The normalized spacial score (nSPS) is 9.69. The number of aryl methyl sites for hydroxylation is 1. The monoisotopic (exact) mass is 182 g/mol. The molecule has 0 atom stereocenters. The van der Waals surface area contributed by atoms with Gasteiger partial charge in [0.1, 0.15) is 0 Å². The van der Waals surface area contributed by atoms with Gasteiger partial charge in [-0.15, -0.1) is 0 Å². The molecule has 0 aromatic carbocycles. The fraction of sp³-hybridized carbons (Fsp3) is 0.333. The molecule has 0 radical (unpaired) electrons. The van der Waals surface area contributed by atoms with E-state index in [4.69, 9.17) is 0 Å². The van der Waals surface area contributed by atoms with E-state index in [9.17, 15) is 9.59 Å². The number of esters is 1. The summed E-state index contributed by atoms with van der Waals surface area (Å²) in [5, 5.41) is 0. The van der Waals surface area contributed by atoms with Crippen molar-refractivity contribution in [2.75, 3.05) is 7.11 Å². The smallest absolute Gasteiger partial charge is 0.374 e. The topological polar surface area (TPSA) is 56.5 Å². The van der Waals surface area contributed by atoms with Gasteiger partial charge in [0, 0.05) is 6.07 Å². The molecule has 4 nitrogen and oxygen atoms in total. The number of methoxy groups -OCH3 is 1. The van der Waals surface area contributed by atoms with Crippen molar-refractivity contribution < 1.29 is 13.9 Å². The largest absolute Gasteiger partial charge is 0.463 e. The molecule has 1 heterocycles. The molecule has 0 aliphatic carbocycles. The van der Waals surface area contributed by atoms with E-state index in [1.165, 1.54) is 19.2 Å². The van der Waals surface area contributed by atoms with Crippen LogP contribution in [0.1, 0.15) is 23.0 Å². The molecule has 0 saturated carbocycles. The summed E-state index contributed by atoms with van der Waals surface area (Å²) in [5.74, 6) is -0.681. The Labute approximate surface area is 75.1 Å². The molecule has 0 fully saturated rings. The highest BCUT2D eigenvalue weighted by molar-refractivity contribution is 5.86. The van der Waals surface area contributed by atoms with Crippen LogP contribution in [0.3, 0.4) is 0 Å². The summed E-state index contributed by atoms with van der Waals surface area (Å²) in [6.07, 6.45) is 0.676. The van der Waals surface area contributed by atoms with Gasteiger partial charge in [0.2, 0.25) is 5.76 Å². The van der Waals surface area contributed by atoms with Crippen LogP contribution in [-0.4, -0.2) is 13.1 Å². The number of hydrogen-bond acceptors (Lipinski definition) is 4. The highest BCUT2D eigenvalue weighted by atomic mass is 16.5. The Kier molecular flexibility index (Phi) is 2.84. The van der Waals surface area contributed by atoms with Crippen molar-refractivity contribution in [3.63, 3.8) is 0 Å². The average Bonchev–Trinajstić information content (AvgIpc) is 2.15. The molecule has 1 rings (SSSR count). The summed E-state index contributed by atoms with van der Waals surface area (Å²) in [5.41, 5.74) is 0.233. The predicted molar refractivity (Wildman–Crippen MR) is 45.7 cm³/mol. The van der Waals surface area contributed by atoms with Crippen molar-refractivity contribution in [2.45, 2.75) is 13.3 Å². The van der Waals surface area contributed by atoms with Gasteiger partial charge in [-0.1, -0.05) is 6.92 Å². The van der Waals surface area contributed by atoms with Crippen LogP contribution in [0.4, 0.5) is 0 Å². The van der Waals surface area contributed by atoms with Crippen molar-refractivity contribution in [3.8, 4) is 0 Å². The Morgan fingerprint density at radius 1 is 1.54 bits per heavy atom. The maximum Gasteiger partial charge on any atom is 0.374 e. The summed E-state index contributed by atoms with van der Waals surface area (Å²) in [4.78, 5) is 21.9. The van der Waals surface area contributed by atoms with E-state index in [1.807, 2.05) is 6.92 Å². The molecule has 0 unspecified atom stereocenters. The van der Waals surface area contributed by atoms with Crippen molar-refractivity contribution in [1.29, 1.82) is 0 Å². The fourth-order valence-electron chi connectivity index (χ4n) is 0.934. The molecule has 0 amide bonds. The number of carbonyl (C=O) groups is 1. The second-order valence-electron chi connectivity index (χ2n) is 2.49. The zero-order valence-electron chi connectivity index (χ0n) is 7.49. The first-order chi connectivity index (χ1) is 6.17. The van der Waals surface area contributed by atoms with Crippen molar-refractivity contribution in [1.82, 2.24) is 0 Å². The molecule has 0 bridgehead atoms. The van der Waals surface area contributed by atoms with Gasteiger partial charge in [-0.2, -0.15) is 0 Å². The summed E-state index contributed by atoms with van der Waals surface area (Å²) in [6.45, 7) is 1.88. The Morgan fingerprint density at radius 2 is 2.23 bits per heavy atom. The molecule has 1 aromatic rings. The lowest BCUT2D eigenvalue weighted by atomic mass is 10.2. The number of rotatable bonds is 2. The van der Waals surface area contributed by atoms with Gasteiger partial charge in [0.15, 0.2) is 0 Å². The van der Waals surface area contributed by atoms with Gasteiger partial charge in [-0.25, -0.2) is 9.59 Å². The average molecular weight is 182 g/mol. The van der Waals surface area contributed by atoms with Gasteiger partial charge >= 0.3 is 11.6 Å². The number of hydrogen-bond donors (Lipinski definition) is 0. The second-order valence-corrected chi connectivity index (χ2v) is 2.49. The summed E-state index contributed by atoms with van der Waals surface area (Å²) >= 11 is 0. The van der Waals surface area contributed by atoms with E-state index >= 15 is 0 Å². The van der Waals surface area contributed by atoms with Gasteiger partial charge in [-0.3, -0.25) is 0 Å². The van der Waals surface area contributed by atoms with Crippen LogP contribution >= 0.6 is 0 Å². The minimum Gasteiger partial charge on any atom is -0.463 e. The maximum atomic E-state index is 11.0. The van der Waals surface area contributed by atoms with E-state index in [0.29, 0.717) is 6.42 Å². The highest BCUT2D eigenvalue weighted by Crippen LogP contribution is 2.03. The van der Waals surface area contributed by atoms with Crippen LogP contribution in [0, 0.1) is 0 Å². The first-order valence-corrected chi connectivity index (χ1v) is 3.89. The molecule has 0 spiro atoms. The van der Waals surface area contributed by atoms with Crippen molar-refractivity contribution >= 4 is 5.97 Å². The molecular weight excluding hydrogens is 172 g/mol. The lowest BCUT2D eigenvalue weighted by Crippen LogP contribution is -2.08. The minimum atomic E-state index is -0.632. The molecule has 0 aliphatic heterocycles. The predicted octanol–water partition coefficient (Wildman–Crippen LogP) is 0.989. The number of carbonyl (C=O) groups excluding carboxylic acids is 1. The molecule has 70 valence electrons. The van der Waals surface area contributed by atoms with E-state index < -0.39 is 11.6 Å². The van der Waals surface area contributed by atoms with Gasteiger partial charge in [0.25, 0.3) is 0 Å². The standard InChI is InChI=1S/C9H10O4/c1-3-6-4-7(9(11)12-2)13-8(10)5-6/h4-5H,3H2,1-2H3. The van der Waals surface area contributed by atoms with Crippen LogP contribution in [-0.2, 0) is 11.2 Å². The Balaban J connectivity index is 3.16. The zero-order valence-corrected chi connectivity index (χ0v) is 7.49. The first kappa shape index (κ1) is 9.51. The quantitative estimate of drug-likeness (QED) is 0.640. The van der Waals surface area contributed by atoms with Crippen molar-refractivity contribution in [3.05, 3.63) is 33.9 Å². The molecule has 13 heavy (non-hydrogen) atoms. The molecule has 0 saturated heterocycles. The highest BCUT2D eigenvalue weighted by Gasteiger charge is 2.09. The Bertz CT molecular complexity index is 364. The van der Waals surface area contributed by atoms with Crippen LogP contribution in [0.15, 0.2) is 21.3 Å². The van der Waals surface area contributed by atoms with E-state index in [2.05, 4.69) is 9.15 Å². The third-order valence-electron chi connectivity index (χ3n) is 1.63. The summed E-state index contributed by atoms with van der Waals surface area (Å²) < 4.78 is 9.06. The van der Waals surface area contributed by atoms with Gasteiger partial charge < -0.3 is 9.15 Å². The fourth-order valence-corrected chi connectivity index (χ4v) is 0.934. The lowest BCUT2D eigenvalue weighted by Gasteiger charge is -1.99. The first-order valence-electron chi connectivity index (χ1n) is 3.89. The minimum absolute atomic E-state index is 0.0492. The molecule has 4 heteroatoms. The third kappa shape index (κ3) is 2.18. The molecular formula is C9H10O4. The van der Waals surface area contributed by atoms with Crippen molar-refractivity contribution in [2.24, 2.45) is 0 Å². The van der Waals surface area contributed by atoms with Crippen LogP contribution in [0.2, 0.25) is 0 Å². The van der Waals surface area contributed by atoms with Crippen LogP contribution in [0.5, 0.6) is 0 Å². The zero-order chi connectivity index (χ0) is 9.84. The Morgan fingerprint density at radius 3 is 2.77 bits per heavy atom.